The van der Waals surface area contributed by atoms with E-state index >= 15 is 0 Å². The number of nitrogens with two attached hydrogens (primary N) is 1. The van der Waals surface area contributed by atoms with Crippen LogP contribution < -0.4 is 5.73 Å². The van der Waals surface area contributed by atoms with E-state index in [0.717, 1.165) is 80.7 Å². The molecule has 0 aromatic heterocycles. The molecule has 0 fully saturated rings. The van der Waals surface area contributed by atoms with Crippen molar-refractivity contribution in [3.63, 3.8) is 0 Å². The highest BCUT2D eigenvalue weighted by molar-refractivity contribution is 6.12. The SMILES string of the molecule is C=Cc1c(C)cc(-c2cccc(-c3ccc(-c4cc(C(C)=NC(=NC(C)c5ccccc5)c5ccccc5)cc(-c5ccc(/C(N)=C/C=C6\CC=CCC6)cc5)c4)cc3)c2)c2ccccc12. The molecule has 2 N–H and O–H groups in total. The number of fused-ring (bicyclic) bond motifs is 1. The van der Waals surface area contributed by atoms with E-state index in [9.17, 15) is 0 Å². The summed E-state index contributed by atoms with van der Waals surface area (Å²) in [4.78, 5) is 10.5. The summed E-state index contributed by atoms with van der Waals surface area (Å²) >= 11 is 0. The van der Waals surface area contributed by atoms with Crippen LogP contribution in [0.2, 0.25) is 0 Å². The minimum atomic E-state index is -0.0731. The molecule has 322 valence electrons. The fraction of sp³-hybridized carbons (Fsp3) is 0.111. The lowest BCUT2D eigenvalue weighted by Gasteiger charge is -2.14. The molecule has 66 heavy (non-hydrogen) atoms. The van der Waals surface area contributed by atoms with Gasteiger partial charge in [0.05, 0.1) is 6.04 Å². The van der Waals surface area contributed by atoms with Gasteiger partial charge in [0.25, 0.3) is 0 Å². The summed E-state index contributed by atoms with van der Waals surface area (Å²) in [5, 5.41) is 2.45. The lowest BCUT2D eigenvalue weighted by atomic mass is 9.90. The number of nitrogens with zero attached hydrogens (tertiary/aromatic N) is 2. The lowest BCUT2D eigenvalue weighted by molar-refractivity contribution is 0.818. The third-order valence-corrected chi connectivity index (χ3v) is 12.7. The van der Waals surface area contributed by atoms with Crippen LogP contribution in [0.15, 0.2) is 228 Å². The van der Waals surface area contributed by atoms with Gasteiger partial charge in [-0.25, -0.2) is 4.99 Å². The predicted octanol–water partition coefficient (Wildman–Crippen LogP) is 16.4. The van der Waals surface area contributed by atoms with E-state index in [4.69, 9.17) is 15.7 Å². The van der Waals surface area contributed by atoms with Gasteiger partial charge in [0.2, 0.25) is 0 Å². The summed E-state index contributed by atoms with van der Waals surface area (Å²) < 4.78 is 0. The number of benzene rings is 8. The molecule has 8 aromatic carbocycles. The first-order valence-corrected chi connectivity index (χ1v) is 23.0. The number of hydrogen-bond donors (Lipinski definition) is 1. The molecule has 0 aliphatic heterocycles. The monoisotopic (exact) mass is 853 g/mol. The quantitative estimate of drug-likeness (QED) is 0.0786. The Hall–Kier alpha value is -7.88. The van der Waals surface area contributed by atoms with Gasteiger partial charge < -0.3 is 5.73 Å². The fourth-order valence-corrected chi connectivity index (χ4v) is 8.94. The Morgan fingerprint density at radius 2 is 1.20 bits per heavy atom. The zero-order chi connectivity index (χ0) is 45.4. The van der Waals surface area contributed by atoms with Crippen LogP contribution in [-0.4, -0.2) is 11.5 Å². The van der Waals surface area contributed by atoms with Crippen molar-refractivity contribution in [3.05, 3.63) is 252 Å². The Morgan fingerprint density at radius 3 is 1.86 bits per heavy atom. The highest BCUT2D eigenvalue weighted by Crippen LogP contribution is 2.37. The van der Waals surface area contributed by atoms with Crippen LogP contribution in [-0.2, 0) is 0 Å². The minimum Gasteiger partial charge on any atom is -0.398 e. The average Bonchev–Trinajstić information content (AvgIpc) is 3.38. The molecule has 3 heteroatoms. The molecule has 0 saturated heterocycles. The van der Waals surface area contributed by atoms with Crippen molar-refractivity contribution in [2.24, 2.45) is 15.7 Å². The van der Waals surface area contributed by atoms with Crippen molar-refractivity contribution < 1.29 is 0 Å². The van der Waals surface area contributed by atoms with Crippen LogP contribution in [0.5, 0.6) is 0 Å². The normalized spacial score (nSPS) is 14.4. The Bertz CT molecular complexity index is 3180. The van der Waals surface area contributed by atoms with Crippen LogP contribution in [0.4, 0.5) is 0 Å². The number of aryl methyl sites for hydroxylation is 1. The predicted molar refractivity (Wildman–Crippen MR) is 284 cm³/mol. The van der Waals surface area contributed by atoms with E-state index in [1.165, 1.54) is 44.2 Å². The molecular formula is C63H55N3. The number of aliphatic imine (C=N–C) groups is 2. The van der Waals surface area contributed by atoms with E-state index in [0.29, 0.717) is 5.84 Å². The molecular weight excluding hydrogens is 799 g/mol. The topological polar surface area (TPSA) is 50.7 Å². The van der Waals surface area contributed by atoms with E-state index in [1.54, 1.807) is 0 Å². The first-order chi connectivity index (χ1) is 32.3. The summed E-state index contributed by atoms with van der Waals surface area (Å²) in [6, 6.07) is 64.7. The van der Waals surface area contributed by atoms with Gasteiger partial charge in [-0.15, -0.1) is 0 Å². The van der Waals surface area contributed by atoms with Gasteiger partial charge in [-0.1, -0.05) is 194 Å². The molecule has 3 nitrogen and oxygen atoms in total. The number of hydrogen-bond acceptors (Lipinski definition) is 2. The molecule has 0 saturated carbocycles. The molecule has 1 atom stereocenters. The largest absolute Gasteiger partial charge is 0.398 e. The molecule has 1 unspecified atom stereocenters. The Kier molecular flexibility index (Phi) is 13.1. The van der Waals surface area contributed by atoms with E-state index < -0.39 is 0 Å². The van der Waals surface area contributed by atoms with Gasteiger partial charge in [0, 0.05) is 17.0 Å². The third kappa shape index (κ3) is 9.77. The van der Waals surface area contributed by atoms with E-state index in [-0.39, 0.29) is 6.04 Å². The zero-order valence-corrected chi connectivity index (χ0v) is 38.1. The van der Waals surface area contributed by atoms with Crippen LogP contribution >= 0.6 is 0 Å². The summed E-state index contributed by atoms with van der Waals surface area (Å²) in [6.45, 7) is 10.5. The second-order valence-electron chi connectivity index (χ2n) is 17.2. The van der Waals surface area contributed by atoms with E-state index in [1.807, 2.05) is 30.3 Å². The molecule has 9 rings (SSSR count). The van der Waals surface area contributed by atoms with Crippen molar-refractivity contribution in [2.45, 2.75) is 46.1 Å². The maximum atomic E-state index is 6.63. The number of allylic oxidation sites excluding steroid dienone is 5. The standard InChI is InChI=1S/C63H55N3/c1-5-58-43(2)38-61(60-27-16-15-26-59(58)60)54-25-17-24-53(39-54)48-29-31-49(32-30-48)56-40-55(45(4)66-63(52-22-13-8-14-23-52)65-44(3)47-20-11-7-12-21-47)41-57(42-56)50-33-35-51(36-34-50)62(64)37-28-46-18-9-6-10-19-46/h5-9,11-17,20-42,44H,1,10,18-19,64H2,2-4H3/b46-28+,62-37-,65-63?,66-45?. The van der Waals surface area contributed by atoms with Crippen LogP contribution in [0.1, 0.15) is 72.5 Å². The number of amidine groups is 1. The maximum absolute atomic E-state index is 6.63. The second-order valence-corrected chi connectivity index (χ2v) is 17.2. The zero-order valence-electron chi connectivity index (χ0n) is 38.1. The average molecular weight is 854 g/mol. The fourth-order valence-electron chi connectivity index (χ4n) is 8.94. The minimum absolute atomic E-state index is 0.0731. The second kappa shape index (κ2) is 19.9. The molecule has 0 radical (unpaired) electrons. The summed E-state index contributed by atoms with van der Waals surface area (Å²) in [5.41, 5.74) is 25.4. The summed E-state index contributed by atoms with van der Waals surface area (Å²) in [5.74, 6) is 0.702. The van der Waals surface area contributed by atoms with Crippen molar-refractivity contribution in [3.8, 4) is 44.5 Å². The van der Waals surface area contributed by atoms with E-state index in [2.05, 4.69) is 209 Å². The molecule has 1 aliphatic carbocycles. The van der Waals surface area contributed by atoms with Crippen LogP contribution in [0.3, 0.4) is 0 Å². The summed E-state index contributed by atoms with van der Waals surface area (Å²) in [6.07, 6.45) is 13.9. The van der Waals surface area contributed by atoms with Gasteiger partial charge in [0.1, 0.15) is 0 Å². The first-order valence-electron chi connectivity index (χ1n) is 23.0. The van der Waals surface area contributed by atoms with Crippen molar-refractivity contribution >= 4 is 34.1 Å². The Morgan fingerprint density at radius 1 is 0.591 bits per heavy atom. The summed E-state index contributed by atoms with van der Waals surface area (Å²) in [7, 11) is 0. The highest BCUT2D eigenvalue weighted by atomic mass is 14.9. The Labute approximate surface area is 390 Å². The van der Waals surface area contributed by atoms with Crippen LogP contribution in [0.25, 0.3) is 67.1 Å². The smallest absolute Gasteiger partial charge is 0.155 e. The van der Waals surface area contributed by atoms with Gasteiger partial charge in [-0.2, -0.15) is 0 Å². The van der Waals surface area contributed by atoms with Crippen molar-refractivity contribution in [1.82, 2.24) is 0 Å². The van der Waals surface area contributed by atoms with Crippen LogP contribution in [0, 0.1) is 6.92 Å². The van der Waals surface area contributed by atoms with Crippen molar-refractivity contribution in [1.29, 1.82) is 0 Å². The van der Waals surface area contributed by atoms with Crippen molar-refractivity contribution in [2.75, 3.05) is 0 Å². The first kappa shape index (κ1) is 43.4. The van der Waals surface area contributed by atoms with Gasteiger partial charge >= 0.3 is 0 Å². The number of rotatable bonds is 11. The van der Waals surface area contributed by atoms with Gasteiger partial charge in [-0.3, -0.25) is 4.99 Å². The lowest BCUT2D eigenvalue weighted by Crippen LogP contribution is -2.06. The molecule has 0 spiro atoms. The molecule has 0 heterocycles. The molecule has 1 aliphatic rings. The molecule has 0 amide bonds. The molecule has 8 aromatic rings. The van der Waals surface area contributed by atoms with Gasteiger partial charge in [0.15, 0.2) is 5.84 Å². The highest BCUT2D eigenvalue weighted by Gasteiger charge is 2.14. The Balaban J connectivity index is 1.09. The molecule has 0 bridgehead atoms. The maximum Gasteiger partial charge on any atom is 0.155 e. The third-order valence-electron chi connectivity index (χ3n) is 12.7. The van der Waals surface area contributed by atoms with Gasteiger partial charge in [-0.05, 0) is 153 Å².